The summed E-state index contributed by atoms with van der Waals surface area (Å²) in [5.41, 5.74) is 0. The van der Waals surface area contributed by atoms with Crippen molar-refractivity contribution >= 4 is 10.1 Å². The molecule has 0 aromatic rings. The summed E-state index contributed by atoms with van der Waals surface area (Å²) in [6.45, 7) is 0. The molecule has 0 aromatic heterocycles. The van der Waals surface area contributed by atoms with Crippen LogP contribution in [0.15, 0.2) is 0 Å². The van der Waals surface area contributed by atoms with Crippen LogP contribution in [0.5, 0.6) is 0 Å². The molecule has 0 spiro atoms. The number of fused-ring (bicyclic) bond motifs is 20. The van der Waals surface area contributed by atoms with Gasteiger partial charge in [0.25, 0.3) is 10.1 Å². The summed E-state index contributed by atoms with van der Waals surface area (Å²) in [4.78, 5) is 0. The van der Waals surface area contributed by atoms with Gasteiger partial charge >= 0.3 is 118 Å². The summed E-state index contributed by atoms with van der Waals surface area (Å²) in [5.74, 6) is 3.50. The van der Waals surface area contributed by atoms with E-state index in [4.69, 9.17) is 0 Å². The van der Waals surface area contributed by atoms with E-state index >= 15 is 0 Å². The van der Waals surface area contributed by atoms with Crippen molar-refractivity contribution in [2.75, 3.05) is 0 Å². The molecule has 5 aliphatic heterocycles. The van der Waals surface area contributed by atoms with E-state index in [1.54, 1.807) is 0 Å². The van der Waals surface area contributed by atoms with Crippen molar-refractivity contribution in [2.45, 2.75) is 151 Å². The molecule has 49 heavy (non-hydrogen) atoms. The van der Waals surface area contributed by atoms with Crippen molar-refractivity contribution in [2.24, 2.45) is 47.3 Å². The second-order valence-electron chi connectivity index (χ2n) is 16.2. The van der Waals surface area contributed by atoms with Gasteiger partial charge in [-0.05, 0) is 92.8 Å². The van der Waals surface area contributed by atoms with Crippen LogP contribution >= 0.6 is 0 Å². The summed E-state index contributed by atoms with van der Waals surface area (Å²) >= 11 is 0. The molecule has 9 N–H and O–H groups in total. The molecule has 0 radical (unpaired) electrons. The Morgan fingerprint density at radius 3 is 0.918 bits per heavy atom. The molecule has 4 aliphatic carbocycles. The quantitative estimate of drug-likeness (QED) is 0.0923. The van der Waals surface area contributed by atoms with E-state index in [-0.39, 0.29) is 190 Å². The first-order valence-electron chi connectivity index (χ1n) is 18.5. The zero-order chi connectivity index (χ0) is 29.6. The molecule has 9 fully saturated rings. The van der Waals surface area contributed by atoms with Gasteiger partial charge in [-0.15, -0.1) is 0 Å². The molecule has 5 saturated heterocycles. The van der Waals surface area contributed by atoms with Crippen molar-refractivity contribution in [3.05, 3.63) is 0 Å². The SMILES string of the molecule is O=S(=O)(O)C1CCCC2C3NC4NC(NC5NC(NC6NC(NC(N3)C21)C1CCCCC61)C1CCCCC51)C1CCCCC41.[Fe].[H-].[H-].[H-].[H-].[Na+].[Na+].[Na+].[Na+]. The maximum atomic E-state index is 12.8. The van der Waals surface area contributed by atoms with Gasteiger partial charge in [0.05, 0.1) is 54.6 Å². The van der Waals surface area contributed by atoms with E-state index in [0.29, 0.717) is 54.3 Å². The van der Waals surface area contributed by atoms with Gasteiger partial charge in [-0.3, -0.25) is 47.1 Å². The van der Waals surface area contributed by atoms with Gasteiger partial charge in [0, 0.05) is 23.0 Å². The van der Waals surface area contributed by atoms with Crippen LogP contribution in [0.3, 0.4) is 0 Å². The molecule has 0 aromatic carbocycles. The van der Waals surface area contributed by atoms with Crippen LogP contribution in [-0.2, 0) is 27.2 Å². The number of rotatable bonds is 1. The molecule has 9 aliphatic rings. The summed E-state index contributed by atoms with van der Waals surface area (Å²) < 4.78 is 36.1. The number of nitrogens with one attached hydrogen (secondary N) is 8. The Bertz CT molecular complexity index is 1220. The smallest absolute Gasteiger partial charge is 1.00 e. The molecular formula is C32H60FeN8Na4O3S. The molecule has 4 saturated carbocycles. The second-order valence-corrected chi connectivity index (χ2v) is 17.9. The van der Waals surface area contributed by atoms with Crippen molar-refractivity contribution < 1.29 is 154 Å². The van der Waals surface area contributed by atoms with Crippen LogP contribution in [0, 0.1) is 47.3 Å². The van der Waals surface area contributed by atoms with Crippen LogP contribution in [0.2, 0.25) is 0 Å². The van der Waals surface area contributed by atoms with E-state index < -0.39 is 15.4 Å². The first-order chi connectivity index (χ1) is 21.4. The van der Waals surface area contributed by atoms with E-state index in [0.717, 1.165) is 12.8 Å². The maximum Gasteiger partial charge on any atom is 1.00 e. The Morgan fingerprint density at radius 2 is 0.633 bits per heavy atom. The fraction of sp³-hybridized carbons (Fsp3) is 1.00. The average molecular weight is 785 g/mol. The van der Waals surface area contributed by atoms with Crippen LogP contribution in [0.25, 0.3) is 0 Å². The molecule has 0 amide bonds. The van der Waals surface area contributed by atoms with Gasteiger partial charge in [0.1, 0.15) is 0 Å². The molecule has 17 atom stereocenters. The molecule has 9 rings (SSSR count). The minimum Gasteiger partial charge on any atom is -1.00 e. The van der Waals surface area contributed by atoms with Gasteiger partial charge in [0.15, 0.2) is 0 Å². The van der Waals surface area contributed by atoms with Gasteiger partial charge in [-0.2, -0.15) is 8.42 Å². The standard InChI is InChI=1S/C32H56N8O3S.Fe.4Na.4H/c41-44(42,43)23-15-7-14-22-24(23)32-39-30-21-13-6-5-12-20(21)28(37-30)35-26-17-9-2-1-8-16(17)25(33-26)34-27-18-10-3-4-11-19(18)29(36-27)38-31(22)40-32;;;;;;;;;/h16-40H,1-15H2,(H,41,42,43);;;;;;;;;/q;;4*+1;4*-1. The van der Waals surface area contributed by atoms with Crippen LogP contribution < -0.4 is 161 Å². The molecule has 11 nitrogen and oxygen atoms in total. The van der Waals surface area contributed by atoms with Crippen molar-refractivity contribution in [1.29, 1.82) is 0 Å². The second kappa shape index (κ2) is 19.2. The van der Waals surface area contributed by atoms with Gasteiger partial charge < -0.3 is 5.71 Å². The van der Waals surface area contributed by atoms with E-state index in [2.05, 4.69) is 42.5 Å². The third kappa shape index (κ3) is 8.92. The fourth-order valence-corrected chi connectivity index (χ4v) is 13.6. The molecule has 17 heteroatoms. The van der Waals surface area contributed by atoms with Gasteiger partial charge in [-0.1, -0.05) is 44.9 Å². The predicted molar refractivity (Wildman–Crippen MR) is 172 cm³/mol. The molecule has 17 unspecified atom stereocenters. The molecule has 5 heterocycles. The van der Waals surface area contributed by atoms with Crippen LogP contribution in [0.4, 0.5) is 0 Å². The molecule has 264 valence electrons. The minimum atomic E-state index is -4.16. The normalized spacial score (nSPS) is 49.9. The number of hydrogen-bond donors (Lipinski definition) is 9. The Labute approximate surface area is 399 Å². The summed E-state index contributed by atoms with van der Waals surface area (Å²) in [5, 5.41) is 31.8. The topological polar surface area (TPSA) is 151 Å². The Hall–Kier alpha value is 4.11. The van der Waals surface area contributed by atoms with Crippen LogP contribution in [-0.4, -0.2) is 67.5 Å². The average Bonchev–Trinajstić information content (AvgIpc) is 3.76. The van der Waals surface area contributed by atoms with Crippen molar-refractivity contribution in [1.82, 2.24) is 42.5 Å². The van der Waals surface area contributed by atoms with Crippen molar-refractivity contribution in [3.63, 3.8) is 0 Å². The van der Waals surface area contributed by atoms with Crippen molar-refractivity contribution in [3.8, 4) is 0 Å². The van der Waals surface area contributed by atoms with E-state index in [1.165, 1.54) is 77.0 Å². The van der Waals surface area contributed by atoms with E-state index in [1.807, 2.05) is 0 Å². The third-order valence-corrected chi connectivity index (χ3v) is 15.5. The Balaban J connectivity index is 0.00000300. The Morgan fingerprint density at radius 1 is 0.388 bits per heavy atom. The third-order valence-electron chi connectivity index (χ3n) is 14.2. The maximum absolute atomic E-state index is 12.8. The summed E-state index contributed by atoms with van der Waals surface area (Å²) in [6.07, 6.45) is 18.9. The van der Waals surface area contributed by atoms with Crippen LogP contribution in [0.1, 0.15) is 102 Å². The minimum absolute atomic E-state index is 0. The largest absolute Gasteiger partial charge is 1.00 e. The van der Waals surface area contributed by atoms with Gasteiger partial charge in [-0.25, -0.2) is 0 Å². The Kier molecular flexibility index (Phi) is 18.0. The first-order valence-corrected chi connectivity index (χ1v) is 20.0. The fourth-order valence-electron chi connectivity index (χ4n) is 12.3. The molecular weight excluding hydrogens is 724 g/mol. The summed E-state index contributed by atoms with van der Waals surface area (Å²) in [6, 6.07) is 0. The monoisotopic (exact) mass is 784 g/mol. The summed E-state index contributed by atoms with van der Waals surface area (Å²) in [7, 11) is -4.16. The van der Waals surface area contributed by atoms with Gasteiger partial charge in [0.2, 0.25) is 0 Å². The first kappa shape index (κ1) is 45.8. The number of hydrogen-bond acceptors (Lipinski definition) is 10. The zero-order valence-corrected chi connectivity index (χ0v) is 40.4. The zero-order valence-electron chi connectivity index (χ0n) is 34.4. The van der Waals surface area contributed by atoms with E-state index in [9.17, 15) is 13.0 Å². The predicted octanol–water partition coefficient (Wildman–Crippen LogP) is -10.1. The molecule has 8 bridgehead atoms.